The Morgan fingerprint density at radius 3 is 2.53 bits per heavy atom. The van der Waals surface area contributed by atoms with E-state index in [1.54, 1.807) is 0 Å². The van der Waals surface area contributed by atoms with E-state index in [9.17, 15) is 4.79 Å². The third-order valence-electron chi connectivity index (χ3n) is 5.63. The van der Waals surface area contributed by atoms with E-state index in [0.717, 1.165) is 12.8 Å². The number of nitrogens with zero attached hydrogens (tertiary/aromatic N) is 1. The lowest BCUT2D eigenvalue weighted by Crippen LogP contribution is -2.49. The smallest absolute Gasteiger partial charge is 0.297 e. The third-order valence-corrected chi connectivity index (χ3v) is 5.63. The second-order valence-electron chi connectivity index (χ2n) is 6.39. The zero-order chi connectivity index (χ0) is 12.5. The first kappa shape index (κ1) is 11.1. The minimum atomic E-state index is -0.694. The van der Waals surface area contributed by atoms with E-state index in [1.165, 1.54) is 13.3 Å². The van der Waals surface area contributed by atoms with Gasteiger partial charge in [0.15, 0.2) is 0 Å². The fourth-order valence-electron chi connectivity index (χ4n) is 3.92. The molecule has 3 rings (SSSR count). The van der Waals surface area contributed by atoms with Gasteiger partial charge in [0, 0.05) is 13.3 Å². The summed E-state index contributed by atoms with van der Waals surface area (Å²) in [6.45, 7) is 8.22. The second-order valence-corrected chi connectivity index (χ2v) is 6.39. The number of oxime groups is 1. The van der Waals surface area contributed by atoms with Crippen molar-refractivity contribution in [2.24, 2.45) is 21.9 Å². The number of rotatable bonds is 1. The molecule has 4 nitrogen and oxygen atoms in total. The predicted octanol–water partition coefficient (Wildman–Crippen LogP) is 2.48. The van der Waals surface area contributed by atoms with Crippen molar-refractivity contribution in [3.05, 3.63) is 0 Å². The fraction of sp³-hybridized carbons (Fsp3) is 0.846. The van der Waals surface area contributed by atoms with Crippen LogP contribution in [0.2, 0.25) is 0 Å². The van der Waals surface area contributed by atoms with Crippen molar-refractivity contribution >= 4 is 11.7 Å². The highest BCUT2D eigenvalue weighted by Gasteiger charge is 2.74. The topological polar surface area (TPSA) is 47.9 Å². The molecule has 0 unspecified atom stereocenters. The molecule has 0 radical (unpaired) electrons. The van der Waals surface area contributed by atoms with Gasteiger partial charge in [0.2, 0.25) is 5.78 Å². The van der Waals surface area contributed by atoms with Gasteiger partial charge in [-0.2, -0.15) is 0 Å². The summed E-state index contributed by atoms with van der Waals surface area (Å²) in [5.41, 5.74) is 0.111. The molecule has 0 aromatic heterocycles. The van der Waals surface area contributed by atoms with Crippen LogP contribution in [-0.4, -0.2) is 17.5 Å². The monoisotopic (exact) mass is 237 g/mol. The first-order valence-corrected chi connectivity index (χ1v) is 6.28. The Morgan fingerprint density at radius 1 is 1.41 bits per heavy atom. The molecule has 3 aliphatic rings. The van der Waals surface area contributed by atoms with Gasteiger partial charge in [-0.15, -0.1) is 0 Å². The molecule has 0 saturated heterocycles. The Kier molecular flexibility index (Phi) is 1.85. The normalized spacial score (nSPS) is 45.6. The summed E-state index contributed by atoms with van der Waals surface area (Å²) in [4.78, 5) is 16.9. The Morgan fingerprint density at radius 2 is 2.12 bits per heavy atom. The van der Waals surface area contributed by atoms with E-state index < -0.39 is 5.79 Å². The number of carbonyl (C=O) groups excluding carboxylic acids is 1. The zero-order valence-corrected chi connectivity index (χ0v) is 10.9. The fourth-order valence-corrected chi connectivity index (χ4v) is 3.92. The van der Waals surface area contributed by atoms with Crippen LogP contribution in [0.3, 0.4) is 0 Å². The van der Waals surface area contributed by atoms with E-state index in [1.807, 2.05) is 0 Å². The van der Waals surface area contributed by atoms with Crippen LogP contribution in [0.4, 0.5) is 0 Å². The van der Waals surface area contributed by atoms with E-state index in [-0.39, 0.29) is 22.5 Å². The molecule has 94 valence electrons. The van der Waals surface area contributed by atoms with Crippen LogP contribution in [0.1, 0.15) is 47.0 Å². The van der Waals surface area contributed by atoms with E-state index in [0.29, 0.717) is 5.92 Å². The molecule has 2 saturated carbocycles. The van der Waals surface area contributed by atoms with Gasteiger partial charge in [-0.05, 0) is 29.3 Å². The van der Waals surface area contributed by atoms with Crippen LogP contribution in [-0.2, 0) is 14.4 Å². The molecule has 17 heavy (non-hydrogen) atoms. The molecular formula is C13H19NO3. The summed E-state index contributed by atoms with van der Waals surface area (Å²) in [6.07, 6.45) is 3.13. The molecular weight excluding hydrogens is 218 g/mol. The summed E-state index contributed by atoms with van der Waals surface area (Å²) in [6, 6.07) is 0. The Hall–Kier alpha value is -1.06. The van der Waals surface area contributed by atoms with Crippen LogP contribution < -0.4 is 0 Å². The molecule has 2 fully saturated rings. The van der Waals surface area contributed by atoms with Crippen molar-refractivity contribution < 1.29 is 14.4 Å². The SMILES string of the molecule is CC(=O)C1=NO[C@@]2(C[C@H]3CC[C@]2(C)C3(C)C)O1. The number of Topliss-reactive ketones (excluding diaryl/α,β-unsaturated/α-hetero) is 1. The van der Waals surface area contributed by atoms with Gasteiger partial charge < -0.3 is 9.57 Å². The average molecular weight is 237 g/mol. The van der Waals surface area contributed by atoms with Crippen molar-refractivity contribution in [3.8, 4) is 0 Å². The maximum Gasteiger partial charge on any atom is 0.297 e. The number of ketones is 1. The van der Waals surface area contributed by atoms with Gasteiger partial charge in [-0.25, -0.2) is 0 Å². The average Bonchev–Trinajstić information content (AvgIpc) is 2.80. The van der Waals surface area contributed by atoms with Crippen molar-refractivity contribution in [1.29, 1.82) is 0 Å². The standard InChI is InChI=1S/C13H19NO3/c1-8(15)10-14-17-13(16-10)7-9-5-6-12(13,4)11(9,2)3/h9H,5-7H2,1-4H3/t9-,12-,13-/m1/s1. The van der Waals surface area contributed by atoms with Crippen LogP contribution in [0, 0.1) is 16.7 Å². The molecule has 1 heterocycles. The first-order chi connectivity index (χ1) is 7.82. The van der Waals surface area contributed by atoms with Gasteiger partial charge in [0.05, 0.1) is 5.41 Å². The van der Waals surface area contributed by atoms with Crippen molar-refractivity contribution in [1.82, 2.24) is 0 Å². The summed E-state index contributed by atoms with van der Waals surface area (Å²) < 4.78 is 5.82. The van der Waals surface area contributed by atoms with Crippen LogP contribution in [0.25, 0.3) is 0 Å². The number of fused-ring (bicyclic) bond motifs is 3. The lowest BCUT2D eigenvalue weighted by Gasteiger charge is -2.42. The summed E-state index contributed by atoms with van der Waals surface area (Å²) in [7, 11) is 0. The lowest BCUT2D eigenvalue weighted by atomic mass is 9.68. The van der Waals surface area contributed by atoms with Gasteiger partial charge >= 0.3 is 0 Å². The third kappa shape index (κ3) is 1.04. The van der Waals surface area contributed by atoms with E-state index >= 15 is 0 Å². The lowest BCUT2D eigenvalue weighted by molar-refractivity contribution is -0.237. The maximum atomic E-state index is 11.3. The zero-order valence-electron chi connectivity index (χ0n) is 10.9. The van der Waals surface area contributed by atoms with Crippen LogP contribution in [0.15, 0.2) is 5.16 Å². The Bertz CT molecular complexity index is 428. The van der Waals surface area contributed by atoms with Gasteiger partial charge in [0.25, 0.3) is 11.7 Å². The summed E-state index contributed by atoms with van der Waals surface area (Å²) in [5.74, 6) is -0.130. The molecule has 2 aliphatic carbocycles. The second kappa shape index (κ2) is 2.85. The maximum absolute atomic E-state index is 11.3. The van der Waals surface area contributed by atoms with Gasteiger partial charge in [-0.1, -0.05) is 20.8 Å². The van der Waals surface area contributed by atoms with E-state index in [4.69, 9.17) is 9.57 Å². The highest BCUT2D eigenvalue weighted by atomic mass is 16.8. The van der Waals surface area contributed by atoms with Crippen molar-refractivity contribution in [3.63, 3.8) is 0 Å². The highest BCUT2D eigenvalue weighted by molar-refractivity contribution is 6.35. The first-order valence-electron chi connectivity index (χ1n) is 6.28. The minimum absolute atomic E-state index is 0.0641. The molecule has 0 aromatic carbocycles. The molecule has 0 amide bonds. The molecule has 3 atom stereocenters. The number of carbonyl (C=O) groups is 1. The molecule has 1 aliphatic heterocycles. The Labute approximate surface area is 101 Å². The number of hydrogen-bond donors (Lipinski definition) is 0. The largest absolute Gasteiger partial charge is 0.427 e. The van der Waals surface area contributed by atoms with Crippen molar-refractivity contribution in [2.45, 2.75) is 52.7 Å². The van der Waals surface area contributed by atoms with Crippen LogP contribution >= 0.6 is 0 Å². The quantitative estimate of drug-likeness (QED) is 0.704. The number of ether oxygens (including phenoxy) is 1. The van der Waals surface area contributed by atoms with Crippen LogP contribution in [0.5, 0.6) is 0 Å². The summed E-state index contributed by atoms with van der Waals surface area (Å²) in [5, 5.41) is 3.84. The van der Waals surface area contributed by atoms with Crippen molar-refractivity contribution in [2.75, 3.05) is 0 Å². The minimum Gasteiger partial charge on any atom is -0.427 e. The molecule has 1 spiro atoms. The van der Waals surface area contributed by atoms with Gasteiger partial charge in [-0.3, -0.25) is 4.79 Å². The predicted molar refractivity (Wildman–Crippen MR) is 62.2 cm³/mol. The Balaban J connectivity index is 1.96. The molecule has 2 bridgehead atoms. The molecule has 4 heteroatoms. The molecule has 0 aromatic rings. The number of hydrogen-bond acceptors (Lipinski definition) is 4. The summed E-state index contributed by atoms with van der Waals surface area (Å²) >= 11 is 0. The molecule has 0 N–H and O–H groups in total. The van der Waals surface area contributed by atoms with E-state index in [2.05, 4.69) is 25.9 Å². The van der Waals surface area contributed by atoms with Gasteiger partial charge in [0.1, 0.15) is 0 Å². The highest BCUT2D eigenvalue weighted by Crippen LogP contribution is 2.71.